The van der Waals surface area contributed by atoms with Gasteiger partial charge in [0.15, 0.2) is 0 Å². The van der Waals surface area contributed by atoms with Gasteiger partial charge >= 0.3 is 0 Å². The van der Waals surface area contributed by atoms with Crippen molar-refractivity contribution in [1.29, 1.82) is 0 Å². The number of hydrogen-bond acceptors (Lipinski definition) is 2. The van der Waals surface area contributed by atoms with Gasteiger partial charge in [0.25, 0.3) is 0 Å². The SMILES string of the molecule is CC[C@H](CC(=O)[O-])c1ccccc1. The Morgan fingerprint density at radius 2 is 2.00 bits per heavy atom. The molecule has 0 N–H and O–H groups in total. The Morgan fingerprint density at radius 1 is 1.38 bits per heavy atom. The third-order valence-corrected chi connectivity index (χ3v) is 2.18. The Kier molecular flexibility index (Phi) is 3.50. The van der Waals surface area contributed by atoms with Crippen molar-refractivity contribution in [3.63, 3.8) is 0 Å². The standard InChI is InChI=1S/C11H14O2/c1-2-9(8-11(12)13)10-6-4-3-5-7-10/h3-7,9H,2,8H2,1H3,(H,12,13)/p-1/t9-/m1/s1. The number of benzene rings is 1. The van der Waals surface area contributed by atoms with Gasteiger partial charge in [0.1, 0.15) is 0 Å². The molecule has 0 heterocycles. The van der Waals surface area contributed by atoms with Crippen molar-refractivity contribution in [1.82, 2.24) is 0 Å². The van der Waals surface area contributed by atoms with E-state index in [-0.39, 0.29) is 12.3 Å². The minimum atomic E-state index is -0.976. The maximum Gasteiger partial charge on any atom is 0.0420 e. The molecule has 0 bridgehead atoms. The summed E-state index contributed by atoms with van der Waals surface area (Å²) in [6, 6.07) is 9.68. The number of aliphatic carboxylic acids is 1. The number of carbonyl (C=O) groups excluding carboxylic acids is 1. The highest BCUT2D eigenvalue weighted by molar-refractivity contribution is 5.65. The molecule has 0 aliphatic heterocycles. The molecule has 0 radical (unpaired) electrons. The van der Waals surface area contributed by atoms with E-state index in [4.69, 9.17) is 0 Å². The van der Waals surface area contributed by atoms with Crippen molar-refractivity contribution in [2.75, 3.05) is 0 Å². The number of rotatable bonds is 4. The highest BCUT2D eigenvalue weighted by atomic mass is 16.4. The summed E-state index contributed by atoms with van der Waals surface area (Å²) in [5.41, 5.74) is 1.08. The van der Waals surface area contributed by atoms with Gasteiger partial charge in [-0.25, -0.2) is 0 Å². The highest BCUT2D eigenvalue weighted by Gasteiger charge is 2.08. The number of hydrogen-bond donors (Lipinski definition) is 0. The molecule has 70 valence electrons. The smallest absolute Gasteiger partial charge is 0.0420 e. The van der Waals surface area contributed by atoms with Gasteiger partial charge in [-0.3, -0.25) is 0 Å². The van der Waals surface area contributed by atoms with Crippen LogP contribution in [0.25, 0.3) is 0 Å². The molecule has 1 rings (SSSR count). The van der Waals surface area contributed by atoms with Crippen molar-refractivity contribution >= 4 is 5.97 Å². The molecule has 2 nitrogen and oxygen atoms in total. The van der Waals surface area contributed by atoms with Gasteiger partial charge in [0.05, 0.1) is 0 Å². The van der Waals surface area contributed by atoms with Gasteiger partial charge in [0.2, 0.25) is 0 Å². The van der Waals surface area contributed by atoms with Crippen LogP contribution < -0.4 is 5.11 Å². The van der Waals surface area contributed by atoms with Crippen LogP contribution in [0.5, 0.6) is 0 Å². The second-order valence-electron chi connectivity index (χ2n) is 3.09. The molecule has 0 aromatic heterocycles. The normalized spacial score (nSPS) is 12.4. The Morgan fingerprint density at radius 3 is 2.46 bits per heavy atom. The summed E-state index contributed by atoms with van der Waals surface area (Å²) in [6.45, 7) is 1.99. The molecule has 0 unspecified atom stereocenters. The quantitative estimate of drug-likeness (QED) is 0.695. The molecule has 1 aromatic carbocycles. The molecule has 1 aromatic rings. The fraction of sp³-hybridized carbons (Fsp3) is 0.364. The van der Waals surface area contributed by atoms with Crippen LogP contribution >= 0.6 is 0 Å². The zero-order valence-corrected chi connectivity index (χ0v) is 7.69. The third-order valence-electron chi connectivity index (χ3n) is 2.18. The Hall–Kier alpha value is -1.31. The van der Waals surface area contributed by atoms with E-state index in [9.17, 15) is 9.90 Å². The zero-order valence-electron chi connectivity index (χ0n) is 7.69. The molecule has 0 amide bonds. The van der Waals surface area contributed by atoms with E-state index in [0.29, 0.717) is 0 Å². The average Bonchev–Trinajstić information content (AvgIpc) is 2.15. The molecule has 13 heavy (non-hydrogen) atoms. The summed E-state index contributed by atoms with van der Waals surface area (Å²) in [6.07, 6.45) is 0.943. The first-order valence-corrected chi connectivity index (χ1v) is 4.48. The maximum atomic E-state index is 10.4. The highest BCUT2D eigenvalue weighted by Crippen LogP contribution is 2.21. The van der Waals surface area contributed by atoms with E-state index >= 15 is 0 Å². The molecule has 0 saturated heterocycles. The monoisotopic (exact) mass is 177 g/mol. The predicted octanol–water partition coefficient (Wildman–Crippen LogP) is 1.32. The summed E-state index contributed by atoms with van der Waals surface area (Å²) >= 11 is 0. The van der Waals surface area contributed by atoms with E-state index in [2.05, 4.69) is 0 Å². The van der Waals surface area contributed by atoms with Crippen molar-refractivity contribution in [3.8, 4) is 0 Å². The summed E-state index contributed by atoms with van der Waals surface area (Å²) < 4.78 is 0. The van der Waals surface area contributed by atoms with Crippen LogP contribution in [-0.4, -0.2) is 5.97 Å². The maximum absolute atomic E-state index is 10.4. The van der Waals surface area contributed by atoms with Crippen molar-refractivity contribution in [3.05, 3.63) is 35.9 Å². The Labute approximate surface area is 78.2 Å². The molecule has 0 aliphatic carbocycles. The van der Waals surface area contributed by atoms with Gasteiger partial charge in [-0.2, -0.15) is 0 Å². The molecule has 0 spiro atoms. The fourth-order valence-corrected chi connectivity index (χ4v) is 1.42. The molecular weight excluding hydrogens is 164 g/mol. The first-order chi connectivity index (χ1) is 6.24. The summed E-state index contributed by atoms with van der Waals surface area (Å²) in [4.78, 5) is 10.4. The van der Waals surface area contributed by atoms with Crippen LogP contribution in [0.1, 0.15) is 31.2 Å². The molecule has 0 saturated carbocycles. The lowest BCUT2D eigenvalue weighted by molar-refractivity contribution is -0.306. The van der Waals surface area contributed by atoms with E-state index in [0.717, 1.165) is 12.0 Å². The van der Waals surface area contributed by atoms with Crippen LogP contribution in [0, 0.1) is 0 Å². The second-order valence-corrected chi connectivity index (χ2v) is 3.09. The average molecular weight is 177 g/mol. The zero-order chi connectivity index (χ0) is 9.68. The first-order valence-electron chi connectivity index (χ1n) is 4.48. The Bertz CT molecular complexity index is 267. The van der Waals surface area contributed by atoms with Crippen LogP contribution in [-0.2, 0) is 4.79 Å². The topological polar surface area (TPSA) is 40.1 Å². The molecule has 2 heteroatoms. The van der Waals surface area contributed by atoms with Crippen LogP contribution in [0.3, 0.4) is 0 Å². The number of carboxylic acid groups (broad SMARTS) is 1. The molecule has 0 aliphatic rings. The van der Waals surface area contributed by atoms with Crippen molar-refractivity contribution in [2.24, 2.45) is 0 Å². The van der Waals surface area contributed by atoms with Crippen molar-refractivity contribution < 1.29 is 9.90 Å². The van der Waals surface area contributed by atoms with E-state index in [1.54, 1.807) is 0 Å². The third kappa shape index (κ3) is 2.90. The van der Waals surface area contributed by atoms with E-state index < -0.39 is 5.97 Å². The first kappa shape index (κ1) is 9.78. The summed E-state index contributed by atoms with van der Waals surface area (Å²) in [5, 5.41) is 10.4. The van der Waals surface area contributed by atoms with Crippen molar-refractivity contribution in [2.45, 2.75) is 25.7 Å². The summed E-state index contributed by atoms with van der Waals surface area (Å²) in [7, 11) is 0. The predicted molar refractivity (Wildman–Crippen MR) is 49.1 cm³/mol. The number of carbonyl (C=O) groups is 1. The van der Waals surface area contributed by atoms with Gasteiger partial charge in [-0.15, -0.1) is 0 Å². The lowest BCUT2D eigenvalue weighted by Crippen LogP contribution is -2.24. The van der Waals surface area contributed by atoms with Gasteiger partial charge in [-0.1, -0.05) is 37.3 Å². The Balaban J connectivity index is 2.73. The molecule has 1 atom stereocenters. The van der Waals surface area contributed by atoms with E-state index in [1.165, 1.54) is 0 Å². The van der Waals surface area contributed by atoms with Crippen LogP contribution in [0.15, 0.2) is 30.3 Å². The lowest BCUT2D eigenvalue weighted by Gasteiger charge is -2.15. The second kappa shape index (κ2) is 4.65. The molecule has 0 fully saturated rings. The largest absolute Gasteiger partial charge is 0.550 e. The van der Waals surface area contributed by atoms with Crippen LogP contribution in [0.2, 0.25) is 0 Å². The minimum absolute atomic E-state index is 0.0891. The lowest BCUT2D eigenvalue weighted by atomic mass is 9.93. The van der Waals surface area contributed by atoms with Gasteiger partial charge in [0, 0.05) is 5.97 Å². The number of carboxylic acids is 1. The minimum Gasteiger partial charge on any atom is -0.550 e. The van der Waals surface area contributed by atoms with Gasteiger partial charge in [-0.05, 0) is 24.3 Å². The van der Waals surface area contributed by atoms with E-state index in [1.807, 2.05) is 37.3 Å². The fourth-order valence-electron chi connectivity index (χ4n) is 1.42. The van der Waals surface area contributed by atoms with Gasteiger partial charge < -0.3 is 9.90 Å². The summed E-state index contributed by atoms with van der Waals surface area (Å²) in [5.74, 6) is -0.887. The molecular formula is C11H13O2-. The van der Waals surface area contributed by atoms with Crippen LogP contribution in [0.4, 0.5) is 0 Å².